The van der Waals surface area contributed by atoms with Gasteiger partial charge < -0.3 is 14.3 Å². The van der Waals surface area contributed by atoms with E-state index in [2.05, 4.69) is 0 Å². The molecule has 0 bridgehead atoms. The molecular weight excluding hydrogens is 240 g/mol. The third-order valence-corrected chi connectivity index (χ3v) is 3.13. The van der Waals surface area contributed by atoms with Crippen LogP contribution in [0.1, 0.15) is 11.1 Å². The molecular formula is C16H14O3. The topological polar surface area (TPSA) is 42.6 Å². The maximum Gasteiger partial charge on any atom is 0.161 e. The summed E-state index contributed by atoms with van der Waals surface area (Å²) in [5, 5.41) is 10.7. The number of furan rings is 1. The monoisotopic (exact) mass is 254 g/mol. The summed E-state index contributed by atoms with van der Waals surface area (Å²) in [7, 11) is 0. The van der Waals surface area contributed by atoms with E-state index < -0.39 is 0 Å². The molecule has 0 aliphatic heterocycles. The molecule has 3 rings (SSSR count). The first-order valence-corrected chi connectivity index (χ1v) is 6.12. The highest BCUT2D eigenvalue weighted by atomic mass is 16.5. The Labute approximate surface area is 111 Å². The van der Waals surface area contributed by atoms with Crippen LogP contribution in [0.15, 0.2) is 53.1 Å². The van der Waals surface area contributed by atoms with Gasteiger partial charge in [0.25, 0.3) is 0 Å². The van der Waals surface area contributed by atoms with Crippen LogP contribution >= 0.6 is 0 Å². The van der Waals surface area contributed by atoms with E-state index >= 15 is 0 Å². The van der Waals surface area contributed by atoms with Crippen molar-refractivity contribution in [2.45, 2.75) is 13.5 Å². The second-order valence-electron chi connectivity index (χ2n) is 4.47. The van der Waals surface area contributed by atoms with E-state index in [1.165, 1.54) is 0 Å². The number of hydrogen-bond donors (Lipinski definition) is 1. The zero-order chi connectivity index (χ0) is 13.2. The number of ether oxygens (including phenoxy) is 1. The SMILES string of the molecule is Cc1cccc2occ(COc3ccccc3O)c12. The molecule has 96 valence electrons. The van der Waals surface area contributed by atoms with Crippen LogP contribution in [-0.2, 0) is 6.61 Å². The zero-order valence-corrected chi connectivity index (χ0v) is 10.6. The van der Waals surface area contributed by atoms with Gasteiger partial charge in [0.1, 0.15) is 12.2 Å². The van der Waals surface area contributed by atoms with E-state index in [-0.39, 0.29) is 5.75 Å². The Hall–Kier alpha value is -2.42. The Bertz CT molecular complexity index is 713. The van der Waals surface area contributed by atoms with Crippen molar-refractivity contribution in [1.82, 2.24) is 0 Å². The summed E-state index contributed by atoms with van der Waals surface area (Å²) in [5.74, 6) is 0.623. The molecule has 0 aliphatic carbocycles. The van der Waals surface area contributed by atoms with Crippen LogP contribution in [0.4, 0.5) is 0 Å². The lowest BCUT2D eigenvalue weighted by atomic mass is 10.1. The van der Waals surface area contributed by atoms with Crippen molar-refractivity contribution in [2.75, 3.05) is 0 Å². The average Bonchev–Trinajstić information content (AvgIpc) is 2.83. The normalized spacial score (nSPS) is 10.8. The predicted octanol–water partition coefficient (Wildman–Crippen LogP) is 4.03. The Morgan fingerprint density at radius 1 is 1.11 bits per heavy atom. The first-order valence-electron chi connectivity index (χ1n) is 6.12. The molecule has 0 amide bonds. The fourth-order valence-corrected chi connectivity index (χ4v) is 2.19. The first-order chi connectivity index (χ1) is 9.25. The average molecular weight is 254 g/mol. The van der Waals surface area contributed by atoms with Crippen LogP contribution in [0.3, 0.4) is 0 Å². The number of benzene rings is 2. The number of rotatable bonds is 3. The van der Waals surface area contributed by atoms with E-state index in [0.717, 1.165) is 22.1 Å². The highest BCUT2D eigenvalue weighted by molar-refractivity contribution is 5.84. The molecule has 0 fully saturated rings. The van der Waals surface area contributed by atoms with E-state index in [1.54, 1.807) is 24.5 Å². The largest absolute Gasteiger partial charge is 0.504 e. The van der Waals surface area contributed by atoms with Crippen LogP contribution in [0.25, 0.3) is 11.0 Å². The van der Waals surface area contributed by atoms with Gasteiger partial charge in [-0.2, -0.15) is 0 Å². The van der Waals surface area contributed by atoms with Gasteiger partial charge in [0.15, 0.2) is 11.5 Å². The second-order valence-corrected chi connectivity index (χ2v) is 4.47. The van der Waals surface area contributed by atoms with Crippen LogP contribution in [0.5, 0.6) is 11.5 Å². The summed E-state index contributed by atoms with van der Waals surface area (Å²) in [4.78, 5) is 0. The quantitative estimate of drug-likeness (QED) is 0.767. The molecule has 0 atom stereocenters. The number of hydrogen-bond acceptors (Lipinski definition) is 3. The Balaban J connectivity index is 1.89. The molecule has 3 nitrogen and oxygen atoms in total. The molecule has 3 aromatic rings. The van der Waals surface area contributed by atoms with E-state index in [4.69, 9.17) is 9.15 Å². The third kappa shape index (κ3) is 2.15. The number of para-hydroxylation sites is 2. The van der Waals surface area contributed by atoms with Crippen molar-refractivity contribution < 1.29 is 14.3 Å². The summed E-state index contributed by atoms with van der Waals surface area (Å²) < 4.78 is 11.1. The second kappa shape index (κ2) is 4.69. The van der Waals surface area contributed by atoms with Crippen LogP contribution < -0.4 is 4.74 Å². The Morgan fingerprint density at radius 2 is 1.95 bits per heavy atom. The van der Waals surface area contributed by atoms with Crippen LogP contribution in [-0.4, -0.2) is 5.11 Å². The molecule has 0 unspecified atom stereocenters. The molecule has 0 spiro atoms. The highest BCUT2D eigenvalue weighted by Gasteiger charge is 2.09. The van der Waals surface area contributed by atoms with E-state index in [1.807, 2.05) is 31.2 Å². The summed E-state index contributed by atoms with van der Waals surface area (Å²) in [6, 6.07) is 12.9. The van der Waals surface area contributed by atoms with Crippen LogP contribution in [0, 0.1) is 6.92 Å². The third-order valence-electron chi connectivity index (χ3n) is 3.13. The summed E-state index contributed by atoms with van der Waals surface area (Å²) in [6.07, 6.45) is 1.71. The van der Waals surface area contributed by atoms with Gasteiger partial charge in [-0.05, 0) is 30.7 Å². The molecule has 19 heavy (non-hydrogen) atoms. The molecule has 0 saturated carbocycles. The summed E-state index contributed by atoms with van der Waals surface area (Å²) in [5.41, 5.74) is 2.99. The van der Waals surface area contributed by atoms with Crippen molar-refractivity contribution in [3.63, 3.8) is 0 Å². The van der Waals surface area contributed by atoms with Crippen molar-refractivity contribution in [1.29, 1.82) is 0 Å². The van der Waals surface area contributed by atoms with Gasteiger partial charge in [-0.3, -0.25) is 0 Å². The Morgan fingerprint density at radius 3 is 2.79 bits per heavy atom. The van der Waals surface area contributed by atoms with Gasteiger partial charge in [-0.15, -0.1) is 0 Å². The van der Waals surface area contributed by atoms with Crippen molar-refractivity contribution in [3.05, 3.63) is 59.9 Å². The first kappa shape index (κ1) is 11.7. The van der Waals surface area contributed by atoms with E-state index in [0.29, 0.717) is 12.4 Å². The smallest absolute Gasteiger partial charge is 0.161 e. The number of phenolic OH excluding ortho intramolecular Hbond substituents is 1. The van der Waals surface area contributed by atoms with Crippen molar-refractivity contribution >= 4 is 11.0 Å². The number of aryl methyl sites for hydroxylation is 1. The zero-order valence-electron chi connectivity index (χ0n) is 10.6. The predicted molar refractivity (Wildman–Crippen MR) is 73.4 cm³/mol. The molecule has 0 saturated heterocycles. The fourth-order valence-electron chi connectivity index (χ4n) is 2.19. The molecule has 2 aromatic carbocycles. The van der Waals surface area contributed by atoms with Gasteiger partial charge >= 0.3 is 0 Å². The van der Waals surface area contributed by atoms with E-state index in [9.17, 15) is 5.11 Å². The minimum atomic E-state index is 0.145. The highest BCUT2D eigenvalue weighted by Crippen LogP contribution is 2.28. The minimum Gasteiger partial charge on any atom is -0.504 e. The molecule has 1 heterocycles. The van der Waals surface area contributed by atoms with Crippen molar-refractivity contribution in [2.24, 2.45) is 0 Å². The Kier molecular flexibility index (Phi) is 2.88. The number of phenols is 1. The maximum atomic E-state index is 9.66. The summed E-state index contributed by atoms with van der Waals surface area (Å²) >= 11 is 0. The molecule has 3 heteroatoms. The minimum absolute atomic E-state index is 0.145. The van der Waals surface area contributed by atoms with Crippen LogP contribution in [0.2, 0.25) is 0 Å². The summed E-state index contributed by atoms with van der Waals surface area (Å²) in [6.45, 7) is 2.41. The standard InChI is InChI=1S/C16H14O3/c1-11-5-4-8-15-16(11)12(10-19-15)9-18-14-7-3-2-6-13(14)17/h2-8,10,17H,9H2,1H3. The number of fused-ring (bicyclic) bond motifs is 1. The fraction of sp³-hybridized carbons (Fsp3) is 0.125. The molecule has 1 aromatic heterocycles. The van der Waals surface area contributed by atoms with Gasteiger partial charge in [-0.25, -0.2) is 0 Å². The van der Waals surface area contributed by atoms with Gasteiger partial charge in [0.05, 0.1) is 6.26 Å². The lowest BCUT2D eigenvalue weighted by Crippen LogP contribution is -1.95. The van der Waals surface area contributed by atoms with Crippen molar-refractivity contribution in [3.8, 4) is 11.5 Å². The lowest BCUT2D eigenvalue weighted by molar-refractivity contribution is 0.289. The maximum absolute atomic E-state index is 9.66. The molecule has 1 N–H and O–H groups in total. The van der Waals surface area contributed by atoms with Gasteiger partial charge in [-0.1, -0.05) is 24.3 Å². The molecule has 0 aliphatic rings. The van der Waals surface area contributed by atoms with Gasteiger partial charge in [0.2, 0.25) is 0 Å². The number of aromatic hydroxyl groups is 1. The lowest BCUT2D eigenvalue weighted by Gasteiger charge is -2.07. The van der Waals surface area contributed by atoms with Gasteiger partial charge in [0, 0.05) is 10.9 Å². The molecule has 0 radical (unpaired) electrons.